The lowest BCUT2D eigenvalue weighted by atomic mass is 9.59. The standard InChI is InChI=1S/C31H22N2/c32-29-27-23-14-7-5-12-21(23)18-26(27)31(28(30(29)33)19-9-2-1-3-10-19)16-8-15-24-22-13-6-4-11-20(22)17-25(24)31/h1-18H,32-33H2. The molecule has 0 bridgehead atoms. The molecule has 1 unspecified atom stereocenters. The van der Waals surface area contributed by atoms with Crippen molar-refractivity contribution in [1.82, 2.24) is 0 Å². The second-order valence-corrected chi connectivity index (χ2v) is 8.98. The lowest BCUT2D eigenvalue weighted by Crippen LogP contribution is -2.34. The van der Waals surface area contributed by atoms with E-state index in [2.05, 4.69) is 103 Å². The fourth-order valence-electron chi connectivity index (χ4n) is 6.01. The molecule has 0 aliphatic heterocycles. The van der Waals surface area contributed by atoms with Crippen LogP contribution in [0.25, 0.3) is 28.9 Å². The second-order valence-electron chi connectivity index (χ2n) is 8.98. The maximum absolute atomic E-state index is 6.95. The monoisotopic (exact) mass is 422 g/mol. The summed E-state index contributed by atoms with van der Waals surface area (Å²) < 4.78 is 0. The lowest BCUT2D eigenvalue weighted by molar-refractivity contribution is 0.765. The largest absolute Gasteiger partial charge is 0.397 e. The Kier molecular flexibility index (Phi) is 3.53. The van der Waals surface area contributed by atoms with Crippen LogP contribution in [0.4, 0.5) is 0 Å². The van der Waals surface area contributed by atoms with E-state index in [0.717, 1.165) is 22.3 Å². The maximum Gasteiger partial charge on any atom is 0.0675 e. The fraction of sp³-hybridized carbons (Fsp3) is 0.0323. The summed E-state index contributed by atoms with van der Waals surface area (Å²) in [6.45, 7) is 0. The Hall–Kier alpha value is -4.30. The molecular formula is C31H22N2. The van der Waals surface area contributed by atoms with E-state index in [4.69, 9.17) is 11.5 Å². The van der Waals surface area contributed by atoms with Gasteiger partial charge in [0.1, 0.15) is 0 Å². The third-order valence-electron chi connectivity index (χ3n) is 7.38. The number of fused-ring (bicyclic) bond motifs is 8. The predicted octanol–water partition coefficient (Wildman–Crippen LogP) is 6.17. The SMILES string of the molecule is NC1=C2C(=Cc3ccccc32)C2(C=CC=C3C2=Cc2ccccc23)C(c2ccccc2)=C1N. The van der Waals surface area contributed by atoms with Gasteiger partial charge in [-0.1, -0.05) is 97.1 Å². The number of hydrogen-bond donors (Lipinski definition) is 2. The highest BCUT2D eigenvalue weighted by atomic mass is 14.8. The van der Waals surface area contributed by atoms with E-state index in [9.17, 15) is 0 Å². The minimum atomic E-state index is -0.522. The molecule has 0 aromatic heterocycles. The first-order valence-electron chi connectivity index (χ1n) is 11.3. The van der Waals surface area contributed by atoms with Gasteiger partial charge in [0.25, 0.3) is 0 Å². The zero-order chi connectivity index (χ0) is 22.2. The topological polar surface area (TPSA) is 52.0 Å². The molecule has 3 aromatic rings. The molecule has 33 heavy (non-hydrogen) atoms. The van der Waals surface area contributed by atoms with Crippen molar-refractivity contribution in [3.63, 3.8) is 0 Å². The number of hydrogen-bond acceptors (Lipinski definition) is 2. The Labute approximate surface area is 193 Å². The van der Waals surface area contributed by atoms with Crippen molar-refractivity contribution in [2.45, 2.75) is 0 Å². The van der Waals surface area contributed by atoms with E-state index in [-0.39, 0.29) is 0 Å². The fourth-order valence-corrected chi connectivity index (χ4v) is 6.01. The molecule has 0 heterocycles. The highest BCUT2D eigenvalue weighted by Gasteiger charge is 2.51. The lowest BCUT2D eigenvalue weighted by Gasteiger charge is -2.43. The van der Waals surface area contributed by atoms with E-state index in [0.29, 0.717) is 11.4 Å². The number of benzene rings is 3. The van der Waals surface area contributed by atoms with Gasteiger partial charge in [0.2, 0.25) is 0 Å². The molecule has 0 saturated carbocycles. The van der Waals surface area contributed by atoms with Gasteiger partial charge in [-0.15, -0.1) is 0 Å². The molecule has 4 aliphatic carbocycles. The average molecular weight is 423 g/mol. The smallest absolute Gasteiger partial charge is 0.0675 e. The summed E-state index contributed by atoms with van der Waals surface area (Å²) in [4.78, 5) is 0. The number of allylic oxidation sites excluding steroid dienone is 8. The van der Waals surface area contributed by atoms with Gasteiger partial charge in [0.15, 0.2) is 0 Å². The molecule has 4 aliphatic rings. The molecule has 4 N–H and O–H groups in total. The normalized spacial score (nSPS) is 21.9. The Morgan fingerprint density at radius 2 is 1.24 bits per heavy atom. The van der Waals surface area contributed by atoms with E-state index in [1.165, 1.54) is 33.4 Å². The molecule has 1 atom stereocenters. The summed E-state index contributed by atoms with van der Waals surface area (Å²) in [5.74, 6) is 0. The Morgan fingerprint density at radius 1 is 0.606 bits per heavy atom. The Morgan fingerprint density at radius 3 is 2.03 bits per heavy atom. The third-order valence-corrected chi connectivity index (χ3v) is 7.38. The van der Waals surface area contributed by atoms with Crippen LogP contribution < -0.4 is 11.5 Å². The highest BCUT2D eigenvalue weighted by molar-refractivity contribution is 6.12. The van der Waals surface area contributed by atoms with Crippen LogP contribution >= 0.6 is 0 Å². The summed E-state index contributed by atoms with van der Waals surface area (Å²) >= 11 is 0. The van der Waals surface area contributed by atoms with Crippen LogP contribution in [0.3, 0.4) is 0 Å². The first-order chi connectivity index (χ1) is 16.2. The van der Waals surface area contributed by atoms with Gasteiger partial charge < -0.3 is 11.5 Å². The van der Waals surface area contributed by atoms with Crippen LogP contribution in [0.15, 0.2) is 120 Å². The van der Waals surface area contributed by atoms with Gasteiger partial charge in [-0.2, -0.15) is 0 Å². The van der Waals surface area contributed by atoms with Crippen LogP contribution in [-0.4, -0.2) is 0 Å². The summed E-state index contributed by atoms with van der Waals surface area (Å²) in [5.41, 5.74) is 26.4. The quantitative estimate of drug-likeness (QED) is 0.492. The van der Waals surface area contributed by atoms with Gasteiger partial charge in [-0.3, -0.25) is 0 Å². The molecular weight excluding hydrogens is 400 g/mol. The minimum absolute atomic E-state index is 0.522. The van der Waals surface area contributed by atoms with Crippen molar-refractivity contribution in [2.75, 3.05) is 0 Å². The molecule has 0 radical (unpaired) electrons. The highest BCUT2D eigenvalue weighted by Crippen LogP contribution is 2.64. The Balaban J connectivity index is 1.60. The van der Waals surface area contributed by atoms with E-state index in [1.54, 1.807) is 0 Å². The van der Waals surface area contributed by atoms with Crippen molar-refractivity contribution in [3.05, 3.63) is 147 Å². The van der Waals surface area contributed by atoms with Crippen LogP contribution in [0, 0.1) is 5.41 Å². The van der Waals surface area contributed by atoms with Gasteiger partial charge in [0.05, 0.1) is 16.8 Å². The van der Waals surface area contributed by atoms with E-state index in [1.807, 2.05) is 6.07 Å². The van der Waals surface area contributed by atoms with E-state index < -0.39 is 5.41 Å². The van der Waals surface area contributed by atoms with Gasteiger partial charge >= 0.3 is 0 Å². The van der Waals surface area contributed by atoms with Crippen LogP contribution in [0.5, 0.6) is 0 Å². The van der Waals surface area contributed by atoms with Gasteiger partial charge in [0, 0.05) is 11.1 Å². The summed E-state index contributed by atoms with van der Waals surface area (Å²) in [6, 6.07) is 27.5. The molecule has 3 aromatic carbocycles. The predicted molar refractivity (Wildman–Crippen MR) is 137 cm³/mol. The van der Waals surface area contributed by atoms with Crippen molar-refractivity contribution >= 4 is 28.9 Å². The van der Waals surface area contributed by atoms with Crippen molar-refractivity contribution < 1.29 is 0 Å². The van der Waals surface area contributed by atoms with Crippen LogP contribution in [0.2, 0.25) is 0 Å². The molecule has 2 heteroatoms. The second kappa shape index (κ2) is 6.36. The number of nitrogens with two attached hydrogens (primary N) is 2. The zero-order valence-electron chi connectivity index (χ0n) is 18.0. The van der Waals surface area contributed by atoms with E-state index >= 15 is 0 Å². The summed E-state index contributed by atoms with van der Waals surface area (Å²) in [6.07, 6.45) is 11.4. The van der Waals surface area contributed by atoms with Crippen molar-refractivity contribution in [2.24, 2.45) is 16.9 Å². The molecule has 0 fully saturated rings. The van der Waals surface area contributed by atoms with Gasteiger partial charge in [-0.05, 0) is 56.7 Å². The Bertz CT molecular complexity index is 1560. The summed E-state index contributed by atoms with van der Waals surface area (Å²) in [7, 11) is 0. The first-order valence-corrected chi connectivity index (χ1v) is 11.3. The minimum Gasteiger partial charge on any atom is -0.397 e. The molecule has 0 amide bonds. The summed E-state index contributed by atoms with van der Waals surface area (Å²) in [5, 5.41) is 0. The van der Waals surface area contributed by atoms with Gasteiger partial charge in [-0.25, -0.2) is 0 Å². The third kappa shape index (κ3) is 2.22. The molecule has 1 spiro atoms. The number of rotatable bonds is 1. The average Bonchev–Trinajstić information content (AvgIpc) is 3.44. The zero-order valence-corrected chi connectivity index (χ0v) is 18.0. The molecule has 156 valence electrons. The van der Waals surface area contributed by atoms with Crippen molar-refractivity contribution in [3.8, 4) is 0 Å². The molecule has 0 saturated heterocycles. The molecule has 2 nitrogen and oxygen atoms in total. The maximum atomic E-state index is 6.95. The van der Waals surface area contributed by atoms with Crippen LogP contribution in [0.1, 0.15) is 27.8 Å². The molecule has 7 rings (SSSR count). The van der Waals surface area contributed by atoms with Crippen LogP contribution in [-0.2, 0) is 0 Å². The van der Waals surface area contributed by atoms with Crippen molar-refractivity contribution in [1.29, 1.82) is 0 Å². The first kappa shape index (κ1) is 18.3.